The first-order chi connectivity index (χ1) is 13.4. The second-order valence-electron chi connectivity index (χ2n) is 6.26. The van der Waals surface area contributed by atoms with Gasteiger partial charge in [0, 0.05) is 17.8 Å². The summed E-state index contributed by atoms with van der Waals surface area (Å²) in [5.41, 5.74) is 2.07. The SMILES string of the molecule is COc1ccc(CN(C)C(C)C(=O)Nc2ccc(C#N)cc2)c(OC)c1OC. The fourth-order valence-electron chi connectivity index (χ4n) is 2.77. The van der Waals surface area contributed by atoms with Crippen molar-refractivity contribution in [1.29, 1.82) is 5.26 Å². The van der Waals surface area contributed by atoms with E-state index in [-0.39, 0.29) is 5.91 Å². The standard InChI is InChI=1S/C21H25N3O4/c1-14(21(25)23-17-9-6-15(12-22)7-10-17)24(2)13-16-8-11-18(26-3)20(28-5)19(16)27-4/h6-11,14H,13H2,1-5H3,(H,23,25). The Morgan fingerprint density at radius 2 is 1.71 bits per heavy atom. The van der Waals surface area contributed by atoms with E-state index < -0.39 is 6.04 Å². The van der Waals surface area contributed by atoms with Gasteiger partial charge in [0.25, 0.3) is 0 Å². The number of nitriles is 1. The largest absolute Gasteiger partial charge is 0.493 e. The van der Waals surface area contributed by atoms with E-state index in [1.807, 2.05) is 31.0 Å². The van der Waals surface area contributed by atoms with Gasteiger partial charge < -0.3 is 19.5 Å². The number of hydrogen-bond donors (Lipinski definition) is 1. The summed E-state index contributed by atoms with van der Waals surface area (Å²) in [5.74, 6) is 1.53. The number of hydrogen-bond acceptors (Lipinski definition) is 6. The number of nitrogens with zero attached hydrogens (tertiary/aromatic N) is 2. The molecule has 7 nitrogen and oxygen atoms in total. The van der Waals surface area contributed by atoms with E-state index >= 15 is 0 Å². The number of anilines is 1. The minimum atomic E-state index is -0.395. The molecule has 1 amide bonds. The van der Waals surface area contributed by atoms with Crippen LogP contribution in [0, 0.1) is 11.3 Å². The van der Waals surface area contributed by atoms with Gasteiger partial charge >= 0.3 is 0 Å². The first kappa shape index (κ1) is 21.1. The van der Waals surface area contributed by atoms with Gasteiger partial charge in [0.2, 0.25) is 11.7 Å². The Morgan fingerprint density at radius 1 is 1.07 bits per heavy atom. The van der Waals surface area contributed by atoms with E-state index in [2.05, 4.69) is 11.4 Å². The summed E-state index contributed by atoms with van der Waals surface area (Å²) in [6.45, 7) is 2.30. The fourth-order valence-corrected chi connectivity index (χ4v) is 2.77. The Labute approximate surface area is 165 Å². The maximum atomic E-state index is 12.6. The first-order valence-electron chi connectivity index (χ1n) is 8.74. The monoisotopic (exact) mass is 383 g/mol. The molecule has 0 saturated heterocycles. The van der Waals surface area contributed by atoms with Crippen molar-refractivity contribution in [3.05, 3.63) is 47.5 Å². The van der Waals surface area contributed by atoms with Gasteiger partial charge in [-0.2, -0.15) is 5.26 Å². The molecule has 0 bridgehead atoms. The Bertz CT molecular complexity index is 859. The summed E-state index contributed by atoms with van der Waals surface area (Å²) in [4.78, 5) is 14.5. The molecule has 0 radical (unpaired) electrons. The minimum Gasteiger partial charge on any atom is -0.493 e. The van der Waals surface area contributed by atoms with Crippen molar-refractivity contribution in [2.75, 3.05) is 33.7 Å². The highest BCUT2D eigenvalue weighted by Crippen LogP contribution is 2.40. The zero-order valence-corrected chi connectivity index (χ0v) is 16.8. The van der Waals surface area contributed by atoms with E-state index in [0.717, 1.165) is 5.56 Å². The lowest BCUT2D eigenvalue weighted by molar-refractivity contribution is -0.120. The molecule has 28 heavy (non-hydrogen) atoms. The fraction of sp³-hybridized carbons (Fsp3) is 0.333. The van der Waals surface area contributed by atoms with Crippen molar-refractivity contribution >= 4 is 11.6 Å². The molecule has 0 saturated carbocycles. The van der Waals surface area contributed by atoms with Gasteiger partial charge in [-0.3, -0.25) is 9.69 Å². The van der Waals surface area contributed by atoms with Gasteiger partial charge in [-0.1, -0.05) is 6.07 Å². The summed E-state index contributed by atoms with van der Waals surface area (Å²) < 4.78 is 16.2. The predicted molar refractivity (Wildman–Crippen MR) is 107 cm³/mol. The van der Waals surface area contributed by atoms with Crippen LogP contribution in [0.25, 0.3) is 0 Å². The number of ether oxygens (including phenoxy) is 3. The van der Waals surface area contributed by atoms with Gasteiger partial charge in [-0.15, -0.1) is 0 Å². The normalized spacial score (nSPS) is 11.5. The first-order valence-corrected chi connectivity index (χ1v) is 8.74. The number of rotatable bonds is 8. The predicted octanol–water partition coefficient (Wildman–Crippen LogP) is 3.04. The van der Waals surface area contributed by atoms with Crippen LogP contribution in [0.1, 0.15) is 18.1 Å². The number of carbonyl (C=O) groups is 1. The molecule has 0 aliphatic rings. The molecule has 1 atom stereocenters. The van der Waals surface area contributed by atoms with Crippen molar-refractivity contribution in [3.8, 4) is 23.3 Å². The molecule has 0 aliphatic carbocycles. The summed E-state index contributed by atoms with van der Waals surface area (Å²) >= 11 is 0. The third-order valence-electron chi connectivity index (χ3n) is 4.53. The van der Waals surface area contributed by atoms with Gasteiger partial charge in [0.05, 0.1) is 39.0 Å². The number of benzene rings is 2. The lowest BCUT2D eigenvalue weighted by Crippen LogP contribution is -2.39. The summed E-state index contributed by atoms with van der Waals surface area (Å²) in [7, 11) is 6.56. The molecular weight excluding hydrogens is 358 g/mol. The number of carbonyl (C=O) groups excluding carboxylic acids is 1. The zero-order valence-electron chi connectivity index (χ0n) is 16.8. The van der Waals surface area contributed by atoms with E-state index in [1.165, 1.54) is 0 Å². The third kappa shape index (κ3) is 4.72. The number of likely N-dealkylation sites (N-methyl/N-ethyl adjacent to an activating group) is 1. The Morgan fingerprint density at radius 3 is 2.25 bits per heavy atom. The molecule has 0 heterocycles. The average molecular weight is 383 g/mol. The highest BCUT2D eigenvalue weighted by atomic mass is 16.5. The number of nitrogens with one attached hydrogen (secondary N) is 1. The second-order valence-corrected chi connectivity index (χ2v) is 6.26. The lowest BCUT2D eigenvalue weighted by atomic mass is 10.1. The van der Waals surface area contributed by atoms with E-state index in [4.69, 9.17) is 19.5 Å². The Hall–Kier alpha value is -3.24. The number of methoxy groups -OCH3 is 3. The van der Waals surface area contributed by atoms with Gasteiger partial charge in [0.1, 0.15) is 0 Å². The zero-order chi connectivity index (χ0) is 20.7. The molecule has 0 aliphatic heterocycles. The van der Waals surface area contributed by atoms with Gasteiger partial charge in [-0.05, 0) is 44.3 Å². The molecule has 0 fully saturated rings. The van der Waals surface area contributed by atoms with Crippen LogP contribution < -0.4 is 19.5 Å². The highest BCUT2D eigenvalue weighted by Gasteiger charge is 2.22. The van der Waals surface area contributed by atoms with Crippen LogP contribution >= 0.6 is 0 Å². The van der Waals surface area contributed by atoms with Crippen LogP contribution in [0.3, 0.4) is 0 Å². The Kier molecular flexibility index (Phi) is 7.24. The molecule has 1 N–H and O–H groups in total. The van der Waals surface area contributed by atoms with E-state index in [9.17, 15) is 4.79 Å². The molecule has 2 rings (SSSR count). The molecule has 2 aromatic rings. The van der Waals surface area contributed by atoms with Gasteiger partial charge in [0.15, 0.2) is 11.5 Å². The topological polar surface area (TPSA) is 83.8 Å². The molecule has 0 spiro atoms. The van der Waals surface area contributed by atoms with Crippen LogP contribution in [0.5, 0.6) is 17.2 Å². The maximum absolute atomic E-state index is 12.6. The molecule has 0 aromatic heterocycles. The van der Waals surface area contributed by atoms with Crippen LogP contribution in [0.15, 0.2) is 36.4 Å². The molecule has 2 aromatic carbocycles. The van der Waals surface area contributed by atoms with Crippen molar-refractivity contribution in [2.24, 2.45) is 0 Å². The second kappa shape index (κ2) is 9.62. The van der Waals surface area contributed by atoms with E-state index in [1.54, 1.807) is 45.6 Å². The lowest BCUT2D eigenvalue weighted by Gasteiger charge is -2.25. The third-order valence-corrected chi connectivity index (χ3v) is 4.53. The summed E-state index contributed by atoms with van der Waals surface area (Å²) in [6, 6.07) is 12.1. The van der Waals surface area contributed by atoms with E-state index in [0.29, 0.717) is 35.0 Å². The molecule has 1 unspecified atom stereocenters. The van der Waals surface area contributed by atoms with Crippen molar-refractivity contribution in [3.63, 3.8) is 0 Å². The molecule has 148 valence electrons. The molecule has 7 heteroatoms. The average Bonchev–Trinajstić information content (AvgIpc) is 2.72. The van der Waals surface area contributed by atoms with Crippen LogP contribution in [0.4, 0.5) is 5.69 Å². The smallest absolute Gasteiger partial charge is 0.241 e. The maximum Gasteiger partial charge on any atom is 0.241 e. The summed E-state index contributed by atoms with van der Waals surface area (Å²) in [6.07, 6.45) is 0. The van der Waals surface area contributed by atoms with Crippen molar-refractivity contribution in [2.45, 2.75) is 19.5 Å². The van der Waals surface area contributed by atoms with Gasteiger partial charge in [-0.25, -0.2) is 0 Å². The Balaban J connectivity index is 2.11. The number of amides is 1. The minimum absolute atomic E-state index is 0.147. The highest BCUT2D eigenvalue weighted by molar-refractivity contribution is 5.94. The summed E-state index contributed by atoms with van der Waals surface area (Å²) in [5, 5.41) is 11.7. The molecular formula is C21H25N3O4. The van der Waals surface area contributed by atoms with Crippen LogP contribution in [-0.2, 0) is 11.3 Å². The van der Waals surface area contributed by atoms with Crippen molar-refractivity contribution in [1.82, 2.24) is 4.90 Å². The van der Waals surface area contributed by atoms with Crippen LogP contribution in [-0.4, -0.2) is 45.2 Å². The quantitative estimate of drug-likeness (QED) is 0.754. The van der Waals surface area contributed by atoms with Crippen LogP contribution in [0.2, 0.25) is 0 Å². The van der Waals surface area contributed by atoms with Crippen molar-refractivity contribution < 1.29 is 19.0 Å².